The second-order valence-corrected chi connectivity index (χ2v) is 4.75. The molecule has 0 aromatic heterocycles. The van der Waals surface area contributed by atoms with Gasteiger partial charge in [-0.15, -0.1) is 0 Å². The van der Waals surface area contributed by atoms with Crippen LogP contribution >= 0.6 is 0 Å². The molecule has 0 aromatic carbocycles. The van der Waals surface area contributed by atoms with Crippen LogP contribution in [0.15, 0.2) is 0 Å². The summed E-state index contributed by atoms with van der Waals surface area (Å²) in [5.74, 6) is 0.605. The zero-order chi connectivity index (χ0) is 10.8. The van der Waals surface area contributed by atoms with Crippen molar-refractivity contribution in [1.82, 2.24) is 10.2 Å². The van der Waals surface area contributed by atoms with E-state index in [0.29, 0.717) is 0 Å². The fraction of sp³-hybridized carbons (Fsp3) is 0.818. The molecule has 1 heterocycles. The van der Waals surface area contributed by atoms with Crippen LogP contribution in [0.25, 0.3) is 0 Å². The monoisotopic (exact) mass is 210 g/mol. The van der Waals surface area contributed by atoms with E-state index in [1.165, 1.54) is 19.3 Å². The molecule has 4 nitrogen and oxygen atoms in total. The Labute approximate surface area is 90.0 Å². The minimum absolute atomic E-state index is 0.155. The van der Waals surface area contributed by atoms with Crippen LogP contribution in [-0.4, -0.2) is 29.4 Å². The van der Waals surface area contributed by atoms with Crippen molar-refractivity contribution in [2.24, 2.45) is 5.92 Å². The molecule has 0 radical (unpaired) electrons. The Kier molecular flexibility index (Phi) is 2.93. The molecule has 3 amide bonds. The maximum atomic E-state index is 11.5. The summed E-state index contributed by atoms with van der Waals surface area (Å²) >= 11 is 0. The van der Waals surface area contributed by atoms with Gasteiger partial charge in [0.1, 0.15) is 6.54 Å². The number of imide groups is 1. The number of carbonyl (C=O) groups is 2. The van der Waals surface area contributed by atoms with Gasteiger partial charge < -0.3 is 4.90 Å². The lowest BCUT2D eigenvalue weighted by atomic mass is 10.0. The first kappa shape index (κ1) is 10.5. The average molecular weight is 210 g/mol. The van der Waals surface area contributed by atoms with Gasteiger partial charge in [0.25, 0.3) is 0 Å². The van der Waals surface area contributed by atoms with E-state index in [1.54, 1.807) is 4.90 Å². The van der Waals surface area contributed by atoms with Crippen molar-refractivity contribution in [2.45, 2.75) is 45.1 Å². The highest BCUT2D eigenvalue weighted by atomic mass is 16.2. The van der Waals surface area contributed by atoms with Crippen LogP contribution in [-0.2, 0) is 4.79 Å². The third kappa shape index (κ3) is 2.30. The summed E-state index contributed by atoms with van der Waals surface area (Å²) in [5.41, 5.74) is 0. The first-order valence-corrected chi connectivity index (χ1v) is 5.77. The first-order chi connectivity index (χ1) is 7.16. The van der Waals surface area contributed by atoms with E-state index in [-0.39, 0.29) is 24.5 Å². The molecule has 2 aliphatic rings. The van der Waals surface area contributed by atoms with Crippen molar-refractivity contribution in [3.05, 3.63) is 0 Å². The lowest BCUT2D eigenvalue weighted by molar-refractivity contribution is -0.118. The molecular weight excluding hydrogens is 192 g/mol. The maximum Gasteiger partial charge on any atom is 0.324 e. The molecular formula is C11H18N2O2. The molecule has 0 spiro atoms. The number of carbonyl (C=O) groups excluding carboxylic acids is 2. The molecule has 4 heteroatoms. The van der Waals surface area contributed by atoms with E-state index in [9.17, 15) is 9.59 Å². The maximum absolute atomic E-state index is 11.5. The van der Waals surface area contributed by atoms with Crippen LogP contribution < -0.4 is 5.32 Å². The third-order valence-corrected chi connectivity index (χ3v) is 3.49. The smallest absolute Gasteiger partial charge is 0.312 e. The van der Waals surface area contributed by atoms with Crippen LogP contribution in [0.4, 0.5) is 4.79 Å². The molecule has 2 unspecified atom stereocenters. The van der Waals surface area contributed by atoms with Gasteiger partial charge in [0.2, 0.25) is 5.91 Å². The summed E-state index contributed by atoms with van der Waals surface area (Å²) in [7, 11) is 0. The highest BCUT2D eigenvalue weighted by molar-refractivity contribution is 6.02. The van der Waals surface area contributed by atoms with Gasteiger partial charge in [-0.25, -0.2) is 4.79 Å². The van der Waals surface area contributed by atoms with Crippen LogP contribution in [0.3, 0.4) is 0 Å². The minimum Gasteiger partial charge on any atom is -0.312 e. The number of nitrogens with zero attached hydrogens (tertiary/aromatic N) is 1. The molecule has 84 valence electrons. The lowest BCUT2D eigenvalue weighted by Crippen LogP contribution is -2.37. The largest absolute Gasteiger partial charge is 0.324 e. The number of hydrogen-bond donors (Lipinski definition) is 1. The zero-order valence-corrected chi connectivity index (χ0v) is 9.16. The SMILES string of the molecule is CC1CCCC(N2CC(=O)NC2=O)CC1. The Bertz CT molecular complexity index is 278. The number of amides is 3. The Balaban J connectivity index is 1.98. The van der Waals surface area contributed by atoms with E-state index < -0.39 is 0 Å². The van der Waals surface area contributed by atoms with Crippen molar-refractivity contribution >= 4 is 11.9 Å². The molecule has 2 atom stereocenters. The molecule has 2 fully saturated rings. The van der Waals surface area contributed by atoms with E-state index >= 15 is 0 Å². The average Bonchev–Trinajstić information content (AvgIpc) is 2.39. The van der Waals surface area contributed by atoms with E-state index in [0.717, 1.165) is 18.8 Å². The van der Waals surface area contributed by atoms with Gasteiger partial charge in [-0.2, -0.15) is 0 Å². The molecule has 1 N–H and O–H groups in total. The van der Waals surface area contributed by atoms with Crippen molar-refractivity contribution in [2.75, 3.05) is 6.54 Å². The summed E-state index contributed by atoms with van der Waals surface area (Å²) in [6, 6.07) is 0.0842. The minimum atomic E-state index is -0.195. The Morgan fingerprint density at radius 2 is 2.00 bits per heavy atom. The van der Waals surface area contributed by atoms with Crippen LogP contribution in [0.2, 0.25) is 0 Å². The summed E-state index contributed by atoms with van der Waals surface area (Å²) < 4.78 is 0. The molecule has 1 saturated carbocycles. The highest BCUT2D eigenvalue weighted by Crippen LogP contribution is 2.26. The Hall–Kier alpha value is -1.06. The predicted octanol–water partition coefficient (Wildman–Crippen LogP) is 1.51. The molecule has 0 aromatic rings. The van der Waals surface area contributed by atoms with E-state index in [1.807, 2.05) is 0 Å². The van der Waals surface area contributed by atoms with E-state index in [4.69, 9.17) is 0 Å². The van der Waals surface area contributed by atoms with Crippen LogP contribution in [0, 0.1) is 5.92 Å². The molecule has 1 saturated heterocycles. The van der Waals surface area contributed by atoms with Gasteiger partial charge in [-0.3, -0.25) is 10.1 Å². The number of hydrogen-bond acceptors (Lipinski definition) is 2. The van der Waals surface area contributed by atoms with Gasteiger partial charge in [0, 0.05) is 6.04 Å². The lowest BCUT2D eigenvalue weighted by Gasteiger charge is -2.24. The fourth-order valence-corrected chi connectivity index (χ4v) is 2.53. The zero-order valence-electron chi connectivity index (χ0n) is 9.16. The van der Waals surface area contributed by atoms with Crippen molar-refractivity contribution in [3.8, 4) is 0 Å². The molecule has 0 bridgehead atoms. The number of nitrogens with one attached hydrogen (secondary N) is 1. The molecule has 1 aliphatic heterocycles. The second-order valence-electron chi connectivity index (χ2n) is 4.75. The molecule has 1 aliphatic carbocycles. The first-order valence-electron chi connectivity index (χ1n) is 5.77. The van der Waals surface area contributed by atoms with E-state index in [2.05, 4.69) is 12.2 Å². The Morgan fingerprint density at radius 3 is 2.67 bits per heavy atom. The summed E-state index contributed by atoms with van der Waals surface area (Å²) in [6.45, 7) is 2.52. The topological polar surface area (TPSA) is 49.4 Å². The predicted molar refractivity (Wildman–Crippen MR) is 56.3 cm³/mol. The van der Waals surface area contributed by atoms with Gasteiger partial charge in [-0.1, -0.05) is 19.8 Å². The van der Waals surface area contributed by atoms with Gasteiger partial charge >= 0.3 is 6.03 Å². The highest BCUT2D eigenvalue weighted by Gasteiger charge is 2.33. The standard InChI is InChI=1S/C11H18N2O2/c1-8-3-2-4-9(6-5-8)13-7-10(14)12-11(13)15/h8-9H,2-7H2,1H3,(H,12,14,15). The summed E-state index contributed by atoms with van der Waals surface area (Å²) in [4.78, 5) is 24.3. The fourth-order valence-electron chi connectivity index (χ4n) is 2.53. The van der Waals surface area contributed by atoms with Crippen molar-refractivity contribution < 1.29 is 9.59 Å². The van der Waals surface area contributed by atoms with Gasteiger partial charge in [0.15, 0.2) is 0 Å². The van der Waals surface area contributed by atoms with Crippen LogP contribution in [0.1, 0.15) is 39.0 Å². The normalized spacial score (nSPS) is 32.7. The van der Waals surface area contributed by atoms with Gasteiger partial charge in [-0.05, 0) is 25.2 Å². The quantitative estimate of drug-likeness (QED) is 0.527. The van der Waals surface area contributed by atoms with Crippen LogP contribution in [0.5, 0.6) is 0 Å². The Morgan fingerprint density at radius 1 is 1.20 bits per heavy atom. The summed E-state index contributed by atoms with van der Waals surface area (Å²) in [6.07, 6.45) is 5.68. The molecule has 2 rings (SSSR count). The number of rotatable bonds is 1. The van der Waals surface area contributed by atoms with Crippen molar-refractivity contribution in [3.63, 3.8) is 0 Å². The third-order valence-electron chi connectivity index (χ3n) is 3.49. The summed E-state index contributed by atoms with van der Waals surface area (Å²) in [5, 5.41) is 2.34. The molecule has 15 heavy (non-hydrogen) atoms. The van der Waals surface area contributed by atoms with Gasteiger partial charge in [0.05, 0.1) is 0 Å². The van der Waals surface area contributed by atoms with Crippen molar-refractivity contribution in [1.29, 1.82) is 0 Å². The number of urea groups is 1. The second kappa shape index (κ2) is 4.21.